The Morgan fingerprint density at radius 2 is 1.34 bits per heavy atom. The molecule has 2 aliphatic rings. The Morgan fingerprint density at radius 3 is 2.09 bits per heavy atom. The minimum atomic E-state index is -0.132. The number of hydrogen-bond donors (Lipinski definition) is 2. The van der Waals surface area contributed by atoms with E-state index >= 15 is 0 Å². The van der Waals surface area contributed by atoms with Crippen LogP contribution in [0.1, 0.15) is 98.6 Å². The fourth-order valence-electron chi connectivity index (χ4n) is 6.51. The van der Waals surface area contributed by atoms with Crippen molar-refractivity contribution in [3.63, 3.8) is 0 Å². The maximum absolute atomic E-state index is 12.3. The van der Waals surface area contributed by atoms with Crippen molar-refractivity contribution in [1.29, 1.82) is 0 Å². The summed E-state index contributed by atoms with van der Waals surface area (Å²) in [5.41, 5.74) is 20.4. The van der Waals surface area contributed by atoms with E-state index in [1.54, 1.807) is 0 Å². The molecule has 2 atom stereocenters. The molecule has 2 aromatic rings. The average Bonchev–Trinajstić information content (AvgIpc) is 3.58. The molecule has 0 saturated heterocycles. The van der Waals surface area contributed by atoms with Crippen LogP contribution in [0, 0.1) is 0 Å². The van der Waals surface area contributed by atoms with E-state index in [1.165, 1.54) is 33.4 Å². The van der Waals surface area contributed by atoms with Gasteiger partial charge in [-0.2, -0.15) is 0 Å². The maximum atomic E-state index is 12.3. The van der Waals surface area contributed by atoms with Crippen molar-refractivity contribution in [2.75, 3.05) is 26.4 Å². The van der Waals surface area contributed by atoms with Gasteiger partial charge in [0.05, 0.1) is 26.4 Å². The molecule has 2 aromatic carbocycles. The van der Waals surface area contributed by atoms with Gasteiger partial charge in [0.15, 0.2) is 0 Å². The van der Waals surface area contributed by atoms with Crippen molar-refractivity contribution in [2.45, 2.75) is 116 Å². The van der Waals surface area contributed by atoms with Crippen LogP contribution in [0.5, 0.6) is 11.5 Å². The standard InChI is InChI=1S/C36H52N2O6/c1-3-41-34-16-15-25(32-23-29(38)24-33(32)34)11-5-7-14-36(40)44-18-10-9-17-43-30-20-26(12-6-8-13-35(39)42-4-2)31-22-28(37)19-27(31)21-30/h15-16,20-21,28-29H,3-14,17-19,22-24,37-38H2,1-2H3. The molecule has 0 saturated carbocycles. The molecule has 0 spiro atoms. The zero-order valence-corrected chi connectivity index (χ0v) is 26.8. The SMILES string of the molecule is CCOC(=O)CCCCc1cc(OCCCCOC(=O)CCCCc2ccc(OCC)c3c2CC(N)C3)cc2c1CC(N)C2. The number of hydrogen-bond acceptors (Lipinski definition) is 8. The van der Waals surface area contributed by atoms with Crippen LogP contribution in [0.2, 0.25) is 0 Å². The van der Waals surface area contributed by atoms with Crippen molar-refractivity contribution in [1.82, 2.24) is 0 Å². The van der Waals surface area contributed by atoms with Gasteiger partial charge in [-0.1, -0.05) is 6.07 Å². The molecule has 242 valence electrons. The highest BCUT2D eigenvalue weighted by Crippen LogP contribution is 2.34. The maximum Gasteiger partial charge on any atom is 0.305 e. The van der Waals surface area contributed by atoms with Crippen LogP contribution in [0.4, 0.5) is 0 Å². The second kappa shape index (κ2) is 17.4. The fourth-order valence-corrected chi connectivity index (χ4v) is 6.51. The van der Waals surface area contributed by atoms with Gasteiger partial charge in [-0.25, -0.2) is 0 Å². The lowest BCUT2D eigenvalue weighted by atomic mass is 9.97. The minimum Gasteiger partial charge on any atom is -0.494 e. The molecule has 2 aliphatic carbocycles. The Bertz CT molecular complexity index is 1250. The van der Waals surface area contributed by atoms with Gasteiger partial charge in [-0.05, 0) is 142 Å². The van der Waals surface area contributed by atoms with E-state index in [9.17, 15) is 9.59 Å². The summed E-state index contributed by atoms with van der Waals surface area (Å²) in [7, 11) is 0. The summed E-state index contributed by atoms with van der Waals surface area (Å²) in [6, 6.07) is 8.81. The van der Waals surface area contributed by atoms with Crippen molar-refractivity contribution >= 4 is 11.9 Å². The van der Waals surface area contributed by atoms with Crippen molar-refractivity contribution in [3.05, 3.63) is 57.6 Å². The number of rotatable bonds is 19. The molecule has 0 amide bonds. The molecule has 2 unspecified atom stereocenters. The lowest BCUT2D eigenvalue weighted by Crippen LogP contribution is -2.19. The van der Waals surface area contributed by atoms with Gasteiger partial charge in [0, 0.05) is 24.9 Å². The molecule has 0 fully saturated rings. The molecule has 0 aromatic heterocycles. The van der Waals surface area contributed by atoms with Gasteiger partial charge in [-0.15, -0.1) is 0 Å². The van der Waals surface area contributed by atoms with E-state index in [-0.39, 0.29) is 24.0 Å². The Balaban J connectivity index is 1.11. The monoisotopic (exact) mass is 608 g/mol. The normalized spacial score (nSPS) is 16.8. The molecular formula is C36H52N2O6. The van der Waals surface area contributed by atoms with E-state index in [2.05, 4.69) is 24.3 Å². The summed E-state index contributed by atoms with van der Waals surface area (Å²) in [6.07, 6.45) is 11.3. The van der Waals surface area contributed by atoms with Crippen molar-refractivity contribution in [3.8, 4) is 11.5 Å². The predicted molar refractivity (Wildman–Crippen MR) is 172 cm³/mol. The van der Waals surface area contributed by atoms with Crippen molar-refractivity contribution < 1.29 is 28.5 Å². The van der Waals surface area contributed by atoms with Crippen LogP contribution < -0.4 is 20.9 Å². The number of unbranched alkanes of at least 4 members (excludes halogenated alkanes) is 3. The highest BCUT2D eigenvalue weighted by Gasteiger charge is 2.25. The van der Waals surface area contributed by atoms with E-state index in [4.69, 9.17) is 30.4 Å². The third-order valence-electron chi connectivity index (χ3n) is 8.60. The number of nitrogens with two attached hydrogens (primary N) is 2. The first-order valence-corrected chi connectivity index (χ1v) is 16.7. The summed E-state index contributed by atoms with van der Waals surface area (Å²) < 4.78 is 22.4. The molecule has 0 aliphatic heterocycles. The molecule has 0 bridgehead atoms. The third kappa shape index (κ3) is 9.96. The molecule has 0 heterocycles. The summed E-state index contributed by atoms with van der Waals surface area (Å²) in [5.74, 6) is 1.58. The smallest absolute Gasteiger partial charge is 0.305 e. The Morgan fingerprint density at radius 1 is 0.682 bits per heavy atom. The minimum absolute atomic E-state index is 0.129. The topological polar surface area (TPSA) is 123 Å². The first-order valence-electron chi connectivity index (χ1n) is 16.7. The van der Waals surface area contributed by atoms with Gasteiger partial charge in [-0.3, -0.25) is 9.59 Å². The van der Waals surface area contributed by atoms with E-state index in [0.717, 1.165) is 88.5 Å². The summed E-state index contributed by atoms with van der Waals surface area (Å²) in [5, 5.41) is 0. The second-order valence-corrected chi connectivity index (χ2v) is 12.2. The zero-order chi connectivity index (χ0) is 31.3. The molecule has 4 rings (SSSR count). The Hall–Kier alpha value is -3.10. The number of esters is 2. The van der Waals surface area contributed by atoms with Crippen LogP contribution >= 0.6 is 0 Å². The van der Waals surface area contributed by atoms with Crippen LogP contribution in [0.3, 0.4) is 0 Å². The summed E-state index contributed by atoms with van der Waals surface area (Å²) in [4.78, 5) is 23.9. The van der Waals surface area contributed by atoms with Gasteiger partial charge in [0.2, 0.25) is 0 Å². The van der Waals surface area contributed by atoms with E-state index < -0.39 is 0 Å². The second-order valence-electron chi connectivity index (χ2n) is 12.2. The predicted octanol–water partition coefficient (Wildman–Crippen LogP) is 5.33. The van der Waals surface area contributed by atoms with Crippen LogP contribution in [-0.4, -0.2) is 50.4 Å². The molecule has 8 heteroatoms. The zero-order valence-electron chi connectivity index (χ0n) is 26.8. The largest absolute Gasteiger partial charge is 0.494 e. The highest BCUT2D eigenvalue weighted by atomic mass is 16.5. The quantitative estimate of drug-likeness (QED) is 0.162. The third-order valence-corrected chi connectivity index (χ3v) is 8.60. The van der Waals surface area contributed by atoms with Gasteiger partial charge in [0.1, 0.15) is 11.5 Å². The molecule has 0 radical (unpaired) electrons. The van der Waals surface area contributed by atoms with E-state index in [0.29, 0.717) is 39.3 Å². The highest BCUT2D eigenvalue weighted by molar-refractivity contribution is 5.69. The lowest BCUT2D eigenvalue weighted by Gasteiger charge is -2.13. The molecule has 44 heavy (non-hydrogen) atoms. The number of aryl methyl sites for hydroxylation is 2. The molecule has 8 nitrogen and oxygen atoms in total. The summed E-state index contributed by atoms with van der Waals surface area (Å²) >= 11 is 0. The number of benzene rings is 2. The number of carbonyl (C=O) groups excluding carboxylic acids is 2. The molecule has 4 N–H and O–H groups in total. The van der Waals surface area contributed by atoms with E-state index in [1.807, 2.05) is 13.8 Å². The van der Waals surface area contributed by atoms with Crippen molar-refractivity contribution in [2.24, 2.45) is 11.5 Å². The Labute approximate surface area is 263 Å². The summed E-state index contributed by atoms with van der Waals surface area (Å²) in [6.45, 7) is 5.90. The Kier molecular flexibility index (Phi) is 13.4. The first kappa shape index (κ1) is 33.8. The van der Waals surface area contributed by atoms with Gasteiger partial charge >= 0.3 is 11.9 Å². The number of carbonyl (C=O) groups is 2. The van der Waals surface area contributed by atoms with Crippen LogP contribution in [-0.2, 0) is 57.6 Å². The fraction of sp³-hybridized carbons (Fsp3) is 0.611. The van der Waals surface area contributed by atoms with Crippen LogP contribution in [0.15, 0.2) is 24.3 Å². The lowest BCUT2D eigenvalue weighted by molar-refractivity contribution is -0.144. The number of fused-ring (bicyclic) bond motifs is 2. The van der Waals surface area contributed by atoms with Gasteiger partial charge < -0.3 is 30.4 Å². The first-order chi connectivity index (χ1) is 21.4. The number of ether oxygens (including phenoxy) is 4. The van der Waals surface area contributed by atoms with Crippen LogP contribution in [0.25, 0.3) is 0 Å². The van der Waals surface area contributed by atoms with Gasteiger partial charge in [0.25, 0.3) is 0 Å². The molecular weight excluding hydrogens is 556 g/mol. The average molecular weight is 609 g/mol.